The van der Waals surface area contributed by atoms with Crippen LogP contribution in [0.2, 0.25) is 0 Å². The maximum atomic E-state index is 12.5. The summed E-state index contributed by atoms with van der Waals surface area (Å²) in [6, 6.07) is 16.3. The molecule has 2 aromatic carbocycles. The molecule has 5 nitrogen and oxygen atoms in total. The van der Waals surface area contributed by atoms with Crippen LogP contribution in [0.1, 0.15) is 15.9 Å². The highest BCUT2D eigenvalue weighted by Crippen LogP contribution is 2.13. The van der Waals surface area contributed by atoms with E-state index in [-0.39, 0.29) is 12.5 Å². The number of amides is 1. The zero-order valence-electron chi connectivity index (χ0n) is 12.9. The molecule has 0 atom stereocenters. The monoisotopic (exact) mass is 313 g/mol. The second kappa shape index (κ2) is 7.98. The van der Waals surface area contributed by atoms with Gasteiger partial charge in [0.15, 0.2) is 0 Å². The Morgan fingerprint density at radius 3 is 2.26 bits per heavy atom. The minimum atomic E-state index is -1.03. The van der Waals surface area contributed by atoms with Crippen molar-refractivity contribution < 1.29 is 19.4 Å². The highest BCUT2D eigenvalue weighted by molar-refractivity contribution is 5.96. The molecule has 0 saturated heterocycles. The number of hydrogen-bond acceptors (Lipinski definition) is 3. The first-order valence-electron chi connectivity index (χ1n) is 7.29. The van der Waals surface area contributed by atoms with Crippen LogP contribution in [-0.2, 0) is 11.2 Å². The van der Waals surface area contributed by atoms with Crippen molar-refractivity contribution >= 4 is 11.9 Å². The van der Waals surface area contributed by atoms with Crippen LogP contribution in [-0.4, -0.2) is 42.1 Å². The Morgan fingerprint density at radius 1 is 1.04 bits per heavy atom. The summed E-state index contributed by atoms with van der Waals surface area (Å²) in [7, 11) is 1.55. The number of aliphatic carboxylic acids is 1. The Bertz CT molecular complexity index is 652. The number of nitrogens with zero attached hydrogens (tertiary/aromatic N) is 1. The third-order valence-electron chi connectivity index (χ3n) is 3.46. The van der Waals surface area contributed by atoms with Gasteiger partial charge < -0.3 is 14.7 Å². The lowest BCUT2D eigenvalue weighted by Crippen LogP contribution is -2.37. The molecule has 0 spiro atoms. The van der Waals surface area contributed by atoms with Crippen LogP contribution >= 0.6 is 0 Å². The van der Waals surface area contributed by atoms with Crippen molar-refractivity contribution in [2.45, 2.75) is 6.42 Å². The molecule has 0 fully saturated rings. The highest BCUT2D eigenvalue weighted by Gasteiger charge is 2.18. The molecule has 0 aliphatic rings. The fraction of sp³-hybridized carbons (Fsp3) is 0.222. The molecule has 0 aliphatic heterocycles. The fourth-order valence-corrected chi connectivity index (χ4v) is 2.24. The molecule has 120 valence electrons. The van der Waals surface area contributed by atoms with Gasteiger partial charge in [-0.05, 0) is 36.2 Å². The molecule has 23 heavy (non-hydrogen) atoms. The predicted molar refractivity (Wildman–Crippen MR) is 86.7 cm³/mol. The minimum absolute atomic E-state index is 0.300. The van der Waals surface area contributed by atoms with Crippen LogP contribution in [0.25, 0.3) is 0 Å². The lowest BCUT2D eigenvalue weighted by molar-refractivity contribution is -0.137. The number of hydrogen-bond donors (Lipinski definition) is 1. The largest absolute Gasteiger partial charge is 0.497 e. The van der Waals surface area contributed by atoms with Crippen LogP contribution in [0, 0.1) is 0 Å². The number of carbonyl (C=O) groups excluding carboxylic acids is 1. The SMILES string of the molecule is COc1ccc(C(=O)N(CCc2ccccc2)CC(=O)O)cc1. The van der Waals surface area contributed by atoms with Gasteiger partial charge in [-0.2, -0.15) is 0 Å². The molecule has 2 aromatic rings. The summed E-state index contributed by atoms with van der Waals surface area (Å²) in [6.07, 6.45) is 0.607. The summed E-state index contributed by atoms with van der Waals surface area (Å²) in [5, 5.41) is 9.05. The van der Waals surface area contributed by atoms with Crippen molar-refractivity contribution in [1.29, 1.82) is 0 Å². The zero-order chi connectivity index (χ0) is 16.7. The van der Waals surface area contributed by atoms with Crippen molar-refractivity contribution in [2.24, 2.45) is 0 Å². The topological polar surface area (TPSA) is 66.8 Å². The normalized spacial score (nSPS) is 10.1. The van der Waals surface area contributed by atoms with E-state index >= 15 is 0 Å². The Morgan fingerprint density at radius 2 is 1.70 bits per heavy atom. The first-order chi connectivity index (χ1) is 11.1. The van der Waals surface area contributed by atoms with Crippen LogP contribution in [0.3, 0.4) is 0 Å². The summed E-state index contributed by atoms with van der Waals surface area (Å²) in [6.45, 7) is 0.0267. The molecule has 0 saturated carbocycles. The van der Waals surface area contributed by atoms with E-state index in [2.05, 4.69) is 0 Å². The summed E-state index contributed by atoms with van der Waals surface area (Å²) in [5.74, 6) is -0.679. The van der Waals surface area contributed by atoms with Gasteiger partial charge in [-0.3, -0.25) is 9.59 Å². The molecule has 5 heteroatoms. The number of methoxy groups -OCH3 is 1. The molecular formula is C18H19NO4. The van der Waals surface area contributed by atoms with Crippen LogP contribution in [0.15, 0.2) is 54.6 Å². The molecule has 0 radical (unpaired) electrons. The van der Waals surface area contributed by atoms with Crippen molar-refractivity contribution in [3.05, 3.63) is 65.7 Å². The predicted octanol–water partition coefficient (Wildman–Crippen LogP) is 2.46. The summed E-state index contributed by atoms with van der Waals surface area (Å²) in [5.41, 5.74) is 1.51. The van der Waals surface area contributed by atoms with Gasteiger partial charge in [-0.1, -0.05) is 30.3 Å². The molecule has 2 rings (SSSR count). The molecule has 0 bridgehead atoms. The maximum Gasteiger partial charge on any atom is 0.323 e. The van der Waals surface area contributed by atoms with E-state index in [1.807, 2.05) is 30.3 Å². The van der Waals surface area contributed by atoms with Gasteiger partial charge in [0, 0.05) is 12.1 Å². The van der Waals surface area contributed by atoms with Gasteiger partial charge in [-0.15, -0.1) is 0 Å². The maximum absolute atomic E-state index is 12.5. The zero-order valence-corrected chi connectivity index (χ0v) is 12.9. The van der Waals surface area contributed by atoms with Crippen LogP contribution in [0.4, 0.5) is 0 Å². The first kappa shape index (κ1) is 16.5. The molecule has 0 aliphatic carbocycles. The highest BCUT2D eigenvalue weighted by atomic mass is 16.5. The van der Waals surface area contributed by atoms with Crippen molar-refractivity contribution in [3.8, 4) is 5.75 Å². The van der Waals surface area contributed by atoms with E-state index in [1.54, 1.807) is 31.4 Å². The smallest absolute Gasteiger partial charge is 0.323 e. The van der Waals surface area contributed by atoms with Gasteiger partial charge in [0.2, 0.25) is 0 Å². The first-order valence-corrected chi connectivity index (χ1v) is 7.29. The van der Waals surface area contributed by atoms with E-state index in [1.165, 1.54) is 4.90 Å². The molecule has 0 aromatic heterocycles. The number of rotatable bonds is 7. The van der Waals surface area contributed by atoms with Crippen LogP contribution in [0.5, 0.6) is 5.75 Å². The van der Waals surface area contributed by atoms with Crippen molar-refractivity contribution in [3.63, 3.8) is 0 Å². The summed E-state index contributed by atoms with van der Waals surface area (Å²) < 4.78 is 5.06. The number of carbonyl (C=O) groups is 2. The second-order valence-corrected chi connectivity index (χ2v) is 5.08. The lowest BCUT2D eigenvalue weighted by Gasteiger charge is -2.21. The molecule has 0 unspecified atom stereocenters. The number of ether oxygens (including phenoxy) is 1. The van der Waals surface area contributed by atoms with Crippen molar-refractivity contribution in [1.82, 2.24) is 4.90 Å². The second-order valence-electron chi connectivity index (χ2n) is 5.08. The average molecular weight is 313 g/mol. The number of carboxylic acids is 1. The summed E-state index contributed by atoms with van der Waals surface area (Å²) in [4.78, 5) is 24.9. The lowest BCUT2D eigenvalue weighted by atomic mass is 10.1. The fourth-order valence-electron chi connectivity index (χ4n) is 2.24. The van der Waals surface area contributed by atoms with Gasteiger partial charge >= 0.3 is 5.97 Å². The molecule has 0 heterocycles. The molecule has 1 amide bonds. The number of carboxylic acid groups (broad SMARTS) is 1. The average Bonchev–Trinajstić information content (AvgIpc) is 2.58. The Hall–Kier alpha value is -2.82. The van der Waals surface area contributed by atoms with Gasteiger partial charge in [0.25, 0.3) is 5.91 Å². The Labute approximate surface area is 135 Å². The molecular weight excluding hydrogens is 294 g/mol. The summed E-state index contributed by atoms with van der Waals surface area (Å²) >= 11 is 0. The standard InChI is InChI=1S/C18H19NO4/c1-23-16-9-7-15(8-10-16)18(22)19(13-17(20)21)12-11-14-5-3-2-4-6-14/h2-10H,11-13H2,1H3,(H,20,21). The van der Waals surface area contributed by atoms with Crippen molar-refractivity contribution in [2.75, 3.05) is 20.2 Å². The Balaban J connectivity index is 2.09. The quantitative estimate of drug-likeness (QED) is 0.852. The number of benzene rings is 2. The van der Waals surface area contributed by atoms with Crippen LogP contribution < -0.4 is 4.74 Å². The third kappa shape index (κ3) is 4.85. The third-order valence-corrected chi connectivity index (χ3v) is 3.46. The van der Waals surface area contributed by atoms with E-state index in [0.717, 1.165) is 5.56 Å². The van der Waals surface area contributed by atoms with Gasteiger partial charge in [0.1, 0.15) is 12.3 Å². The van der Waals surface area contributed by atoms with E-state index in [9.17, 15) is 9.59 Å². The van der Waals surface area contributed by atoms with Gasteiger partial charge in [0.05, 0.1) is 7.11 Å². The van der Waals surface area contributed by atoms with E-state index in [4.69, 9.17) is 9.84 Å². The Kier molecular flexibility index (Phi) is 5.74. The minimum Gasteiger partial charge on any atom is -0.497 e. The van der Waals surface area contributed by atoms with Gasteiger partial charge in [-0.25, -0.2) is 0 Å². The van der Waals surface area contributed by atoms with E-state index < -0.39 is 5.97 Å². The van der Waals surface area contributed by atoms with E-state index in [0.29, 0.717) is 24.3 Å². The molecule has 1 N–H and O–H groups in total.